The molecular weight excluding hydrogens is 452 g/mol. The van der Waals surface area contributed by atoms with Crippen LogP contribution in [0.3, 0.4) is 0 Å². The van der Waals surface area contributed by atoms with Gasteiger partial charge in [-0.05, 0) is 54.6 Å². The summed E-state index contributed by atoms with van der Waals surface area (Å²) in [5.41, 5.74) is 1.48. The van der Waals surface area contributed by atoms with E-state index in [9.17, 15) is 9.59 Å². The first-order chi connectivity index (χ1) is 16.6. The fourth-order valence-corrected chi connectivity index (χ4v) is 4.75. The molecule has 4 aromatic heterocycles. The number of hydrogen-bond donors (Lipinski definition) is 0. The number of aromatic nitrogens is 4. The zero-order valence-corrected chi connectivity index (χ0v) is 18.7. The second-order valence-electron chi connectivity index (χ2n) is 7.48. The summed E-state index contributed by atoms with van der Waals surface area (Å²) < 4.78 is 14.5. The largest absolute Gasteiger partial charge is 0.497 e. The van der Waals surface area contributed by atoms with Crippen LogP contribution in [0.2, 0.25) is 0 Å². The van der Waals surface area contributed by atoms with Crippen molar-refractivity contribution in [3.8, 4) is 17.4 Å². The summed E-state index contributed by atoms with van der Waals surface area (Å²) in [7, 11) is 1.58. The quantitative estimate of drug-likeness (QED) is 0.395. The number of methoxy groups -OCH3 is 1. The van der Waals surface area contributed by atoms with Gasteiger partial charge < -0.3 is 9.47 Å². The summed E-state index contributed by atoms with van der Waals surface area (Å²) in [6, 6.07) is 19.6. The zero-order valence-electron chi connectivity index (χ0n) is 17.8. The van der Waals surface area contributed by atoms with Gasteiger partial charge in [-0.2, -0.15) is 4.98 Å². The van der Waals surface area contributed by atoms with E-state index in [4.69, 9.17) is 9.47 Å². The minimum Gasteiger partial charge on any atom is -0.497 e. The monoisotopic (exact) mass is 468 g/mol. The highest BCUT2D eigenvalue weighted by Gasteiger charge is 2.16. The van der Waals surface area contributed by atoms with Crippen LogP contribution >= 0.6 is 11.3 Å². The average molecular weight is 468 g/mol. The van der Waals surface area contributed by atoms with Gasteiger partial charge >= 0.3 is 0 Å². The molecule has 0 spiro atoms. The van der Waals surface area contributed by atoms with Crippen LogP contribution in [-0.4, -0.2) is 25.9 Å². The van der Waals surface area contributed by atoms with Crippen LogP contribution in [0.25, 0.3) is 27.7 Å². The fourth-order valence-electron chi connectivity index (χ4n) is 3.78. The normalized spacial score (nSPS) is 12.1. The molecule has 4 heterocycles. The Morgan fingerprint density at radius 1 is 0.882 bits per heavy atom. The molecule has 8 nitrogen and oxygen atoms in total. The Balaban J connectivity index is 1.58. The number of thiazole rings is 1. The fraction of sp³-hybridized carbons (Fsp3) is 0.0400. The molecule has 0 saturated carbocycles. The molecule has 0 amide bonds. The van der Waals surface area contributed by atoms with Crippen LogP contribution in [0, 0.1) is 0 Å². The Bertz CT molecular complexity index is 1870. The lowest BCUT2D eigenvalue weighted by molar-refractivity contribution is 0.412. The molecule has 0 atom stereocenters. The zero-order chi connectivity index (χ0) is 23.2. The van der Waals surface area contributed by atoms with Crippen LogP contribution in [0.15, 0.2) is 82.5 Å². The van der Waals surface area contributed by atoms with Crippen LogP contribution in [-0.2, 0) is 0 Å². The van der Waals surface area contributed by atoms with Crippen LogP contribution in [0.5, 0.6) is 17.4 Å². The lowest BCUT2D eigenvalue weighted by atomic mass is 10.2. The van der Waals surface area contributed by atoms with Crippen LogP contribution in [0.4, 0.5) is 0 Å². The summed E-state index contributed by atoms with van der Waals surface area (Å²) in [5, 5.41) is 0. The number of imidazole rings is 1. The molecule has 0 aliphatic carbocycles. The van der Waals surface area contributed by atoms with Gasteiger partial charge in [0, 0.05) is 6.20 Å². The van der Waals surface area contributed by atoms with Gasteiger partial charge in [-0.3, -0.25) is 14.0 Å². The molecule has 166 valence electrons. The molecule has 34 heavy (non-hydrogen) atoms. The maximum Gasteiger partial charge on any atom is 0.274 e. The molecule has 6 rings (SSSR count). The summed E-state index contributed by atoms with van der Waals surface area (Å²) in [6.45, 7) is 0. The van der Waals surface area contributed by atoms with Crippen molar-refractivity contribution in [3.63, 3.8) is 0 Å². The first kappa shape index (κ1) is 20.1. The molecule has 2 aromatic carbocycles. The molecule has 0 aliphatic rings. The Kier molecular flexibility index (Phi) is 4.63. The molecule has 6 aromatic rings. The molecule has 0 saturated heterocycles. The molecule has 9 heteroatoms. The molecule has 0 bridgehead atoms. The van der Waals surface area contributed by atoms with Crippen molar-refractivity contribution in [1.29, 1.82) is 0 Å². The van der Waals surface area contributed by atoms with Gasteiger partial charge in [-0.25, -0.2) is 9.38 Å². The number of hydrogen-bond acceptors (Lipinski definition) is 7. The van der Waals surface area contributed by atoms with Crippen molar-refractivity contribution in [3.05, 3.63) is 104 Å². The summed E-state index contributed by atoms with van der Waals surface area (Å²) in [4.78, 5) is 36.3. The average Bonchev–Trinajstić information content (AvgIpc) is 3.38. The van der Waals surface area contributed by atoms with E-state index in [2.05, 4.69) is 9.97 Å². The molecule has 0 fully saturated rings. The molecule has 0 N–H and O–H groups in total. The van der Waals surface area contributed by atoms with Crippen LogP contribution in [0.1, 0.15) is 5.56 Å². The van der Waals surface area contributed by atoms with Crippen molar-refractivity contribution in [2.24, 2.45) is 0 Å². The van der Waals surface area contributed by atoms with Gasteiger partial charge in [-0.1, -0.05) is 29.5 Å². The lowest BCUT2D eigenvalue weighted by Crippen LogP contribution is -2.25. The van der Waals surface area contributed by atoms with Gasteiger partial charge in [0.1, 0.15) is 22.7 Å². The Morgan fingerprint density at radius 2 is 1.65 bits per heavy atom. The van der Waals surface area contributed by atoms with E-state index < -0.39 is 0 Å². The van der Waals surface area contributed by atoms with E-state index in [0.717, 1.165) is 11.0 Å². The first-order valence-electron chi connectivity index (χ1n) is 10.4. The number of para-hydroxylation sites is 2. The number of fused-ring (bicyclic) bond motifs is 4. The van der Waals surface area contributed by atoms with Gasteiger partial charge in [0.2, 0.25) is 5.88 Å². The van der Waals surface area contributed by atoms with Crippen molar-refractivity contribution in [2.45, 2.75) is 0 Å². The van der Waals surface area contributed by atoms with Crippen molar-refractivity contribution < 1.29 is 9.47 Å². The van der Waals surface area contributed by atoms with E-state index in [-0.39, 0.29) is 22.6 Å². The number of benzene rings is 2. The third-order valence-electron chi connectivity index (χ3n) is 5.43. The third kappa shape index (κ3) is 3.22. The van der Waals surface area contributed by atoms with Gasteiger partial charge in [0.05, 0.1) is 22.7 Å². The summed E-state index contributed by atoms with van der Waals surface area (Å²) in [6.07, 6.45) is 3.16. The molecule has 0 aliphatic heterocycles. The predicted molar refractivity (Wildman–Crippen MR) is 130 cm³/mol. The van der Waals surface area contributed by atoms with E-state index >= 15 is 0 Å². The van der Waals surface area contributed by atoms with Crippen LogP contribution < -0.4 is 25.1 Å². The standard InChI is InChI=1S/C25H16N4O4S/c1-32-15-9-11-16(12-10-15)33-22-17(23(30)28-13-5-4-8-21(28)27-22)14-20-24(31)29-19-7-3-2-6-18(19)26-25(29)34-20/h2-14H,1H3. The number of rotatable bonds is 4. The second kappa shape index (κ2) is 7.82. The molecular formula is C25H16N4O4S. The minimum atomic E-state index is -0.343. The number of pyridine rings is 1. The highest BCUT2D eigenvalue weighted by atomic mass is 32.1. The van der Waals surface area contributed by atoms with Gasteiger partial charge in [-0.15, -0.1) is 0 Å². The maximum atomic E-state index is 13.4. The van der Waals surface area contributed by atoms with E-state index in [1.807, 2.05) is 24.3 Å². The van der Waals surface area contributed by atoms with Crippen molar-refractivity contribution >= 4 is 39.1 Å². The maximum absolute atomic E-state index is 13.4. The molecule has 0 unspecified atom stereocenters. The van der Waals surface area contributed by atoms with Gasteiger partial charge in [0.25, 0.3) is 11.1 Å². The highest BCUT2D eigenvalue weighted by molar-refractivity contribution is 7.15. The topological polar surface area (TPSA) is 87.2 Å². The van der Waals surface area contributed by atoms with Gasteiger partial charge in [0.15, 0.2) is 4.96 Å². The Labute approximate surface area is 195 Å². The number of ether oxygens (including phenoxy) is 2. The summed E-state index contributed by atoms with van der Waals surface area (Å²) in [5.74, 6) is 1.27. The lowest BCUT2D eigenvalue weighted by Gasteiger charge is -2.10. The van der Waals surface area contributed by atoms with Crippen molar-refractivity contribution in [1.82, 2.24) is 18.8 Å². The predicted octanol–water partition coefficient (Wildman–Crippen LogP) is 3.27. The minimum absolute atomic E-state index is 0.108. The highest BCUT2D eigenvalue weighted by Crippen LogP contribution is 2.25. The van der Waals surface area contributed by atoms with E-state index in [1.54, 1.807) is 60.2 Å². The SMILES string of the molecule is COc1ccc(Oc2nc3ccccn3c(=O)c2C=c2sc3nc4ccccc4n3c2=O)cc1. The Hall–Kier alpha value is -4.50. The molecule has 0 radical (unpaired) electrons. The Morgan fingerprint density at radius 3 is 2.47 bits per heavy atom. The smallest absolute Gasteiger partial charge is 0.274 e. The second-order valence-corrected chi connectivity index (χ2v) is 8.49. The van der Waals surface area contributed by atoms with E-state index in [0.29, 0.717) is 26.6 Å². The third-order valence-corrected chi connectivity index (χ3v) is 6.40. The van der Waals surface area contributed by atoms with Crippen molar-refractivity contribution in [2.75, 3.05) is 7.11 Å². The van der Waals surface area contributed by atoms with E-state index in [1.165, 1.54) is 21.8 Å². The number of nitrogens with zero attached hydrogens (tertiary/aromatic N) is 4. The first-order valence-corrected chi connectivity index (χ1v) is 11.2. The summed E-state index contributed by atoms with van der Waals surface area (Å²) >= 11 is 1.21.